The first-order valence-corrected chi connectivity index (χ1v) is 9.28. The van der Waals surface area contributed by atoms with E-state index in [1.165, 1.54) is 11.3 Å². The molecule has 27 heavy (non-hydrogen) atoms. The molecule has 0 unspecified atom stereocenters. The molecule has 142 valence electrons. The number of rotatable bonds is 6. The Morgan fingerprint density at radius 1 is 1.33 bits per heavy atom. The van der Waals surface area contributed by atoms with Crippen LogP contribution in [0.4, 0.5) is 5.13 Å². The number of aliphatic hydroxyl groups excluding tert-OH is 1. The molecule has 0 fully saturated rings. The second-order valence-electron chi connectivity index (χ2n) is 5.97. The van der Waals surface area contributed by atoms with E-state index in [1.54, 1.807) is 26.1 Å². The second kappa shape index (κ2) is 7.80. The summed E-state index contributed by atoms with van der Waals surface area (Å²) in [5, 5.41) is 15.2. The molecule has 3 rings (SSSR count). The summed E-state index contributed by atoms with van der Waals surface area (Å²) in [5.74, 6) is -0.353. The Labute approximate surface area is 159 Å². The molecule has 0 aliphatic heterocycles. The van der Waals surface area contributed by atoms with Crippen LogP contribution < -0.4 is 10.9 Å². The summed E-state index contributed by atoms with van der Waals surface area (Å²) in [7, 11) is 0. The van der Waals surface area contributed by atoms with Gasteiger partial charge in [-0.05, 0) is 26.3 Å². The van der Waals surface area contributed by atoms with Gasteiger partial charge in [-0.2, -0.15) is 4.68 Å². The molecule has 3 heterocycles. The number of carbonyl (C=O) groups is 1. The van der Waals surface area contributed by atoms with Crippen molar-refractivity contribution in [2.75, 3.05) is 11.9 Å². The summed E-state index contributed by atoms with van der Waals surface area (Å²) in [6.07, 6.45) is 2.56. The minimum absolute atomic E-state index is 0.0357. The number of aromatic nitrogens is 5. The van der Waals surface area contributed by atoms with E-state index in [0.29, 0.717) is 16.5 Å². The first-order valence-electron chi connectivity index (χ1n) is 8.46. The summed E-state index contributed by atoms with van der Waals surface area (Å²) in [6.45, 7) is 5.32. The molecule has 3 N–H and O–H groups in total. The van der Waals surface area contributed by atoms with E-state index < -0.39 is 11.5 Å². The molecular weight excluding hydrogens is 368 g/mol. The second-order valence-corrected chi connectivity index (χ2v) is 7.08. The highest BCUT2D eigenvalue weighted by Crippen LogP contribution is 2.19. The first kappa shape index (κ1) is 18.9. The van der Waals surface area contributed by atoms with E-state index in [2.05, 4.69) is 25.4 Å². The van der Waals surface area contributed by atoms with Crippen molar-refractivity contribution in [1.29, 1.82) is 0 Å². The lowest BCUT2D eigenvalue weighted by Gasteiger charge is -2.03. The van der Waals surface area contributed by atoms with E-state index >= 15 is 0 Å². The molecule has 9 nitrogen and oxygen atoms in total. The smallest absolute Gasteiger partial charge is 0.277 e. The van der Waals surface area contributed by atoms with Crippen LogP contribution in [0, 0.1) is 13.8 Å². The number of aliphatic hydroxyl groups is 1. The third kappa shape index (κ3) is 3.96. The van der Waals surface area contributed by atoms with E-state index in [0.717, 1.165) is 16.0 Å². The molecule has 0 aliphatic rings. The third-order valence-corrected chi connectivity index (χ3v) is 4.93. The summed E-state index contributed by atoms with van der Waals surface area (Å²) in [6, 6.07) is 1.79. The Morgan fingerprint density at radius 3 is 2.63 bits per heavy atom. The van der Waals surface area contributed by atoms with E-state index in [9.17, 15) is 14.7 Å². The standard InChI is InChI=1S/C17H20N6O3S/c1-4-11-8-18-17(27-11)21-14(25)13-12(5-6-24)15(26)23(22-13)16-19-9(2)7-10(3)20-16/h7-8,22,24H,4-6H2,1-3H3,(H,18,21,25). The van der Waals surface area contributed by atoms with Gasteiger partial charge < -0.3 is 5.11 Å². The largest absolute Gasteiger partial charge is 0.396 e. The average molecular weight is 388 g/mol. The predicted octanol–water partition coefficient (Wildman–Crippen LogP) is 1.38. The van der Waals surface area contributed by atoms with Gasteiger partial charge in [-0.1, -0.05) is 6.92 Å². The molecule has 3 aromatic heterocycles. The van der Waals surface area contributed by atoms with Crippen LogP contribution in [0.1, 0.15) is 39.2 Å². The van der Waals surface area contributed by atoms with Crippen LogP contribution in [0.25, 0.3) is 5.95 Å². The molecule has 0 bridgehead atoms. The number of nitrogens with zero attached hydrogens (tertiary/aromatic N) is 4. The molecule has 0 aliphatic carbocycles. The molecule has 0 aromatic carbocycles. The summed E-state index contributed by atoms with van der Waals surface area (Å²) < 4.78 is 1.12. The van der Waals surface area contributed by atoms with Crippen molar-refractivity contribution < 1.29 is 9.90 Å². The van der Waals surface area contributed by atoms with E-state index in [1.807, 2.05) is 6.92 Å². The summed E-state index contributed by atoms with van der Waals surface area (Å²) in [4.78, 5) is 39.1. The normalized spacial score (nSPS) is 11.0. The van der Waals surface area contributed by atoms with Crippen molar-refractivity contribution in [3.05, 3.63) is 50.1 Å². The lowest BCUT2D eigenvalue weighted by molar-refractivity contribution is 0.102. The number of hydrogen-bond acceptors (Lipinski definition) is 7. The third-order valence-electron chi connectivity index (χ3n) is 3.87. The summed E-state index contributed by atoms with van der Waals surface area (Å²) in [5.41, 5.74) is 1.16. The molecule has 0 radical (unpaired) electrons. The van der Waals surface area contributed by atoms with Gasteiger partial charge in [0.1, 0.15) is 5.69 Å². The number of thiazole rings is 1. The lowest BCUT2D eigenvalue weighted by Crippen LogP contribution is -2.21. The maximum absolute atomic E-state index is 12.8. The minimum atomic E-state index is -0.504. The van der Waals surface area contributed by atoms with Crippen LogP contribution in [0.15, 0.2) is 17.1 Å². The molecule has 0 saturated carbocycles. The monoisotopic (exact) mass is 388 g/mol. The number of aromatic amines is 1. The van der Waals surface area contributed by atoms with Gasteiger partial charge >= 0.3 is 0 Å². The van der Waals surface area contributed by atoms with Gasteiger partial charge in [-0.15, -0.1) is 11.3 Å². The van der Waals surface area contributed by atoms with Crippen molar-refractivity contribution in [2.24, 2.45) is 0 Å². The van der Waals surface area contributed by atoms with Gasteiger partial charge in [0.2, 0.25) is 0 Å². The van der Waals surface area contributed by atoms with Crippen LogP contribution in [-0.2, 0) is 12.8 Å². The average Bonchev–Trinajstić information content (AvgIpc) is 3.19. The van der Waals surface area contributed by atoms with Crippen LogP contribution in [0.3, 0.4) is 0 Å². The summed E-state index contributed by atoms with van der Waals surface area (Å²) >= 11 is 1.37. The number of H-pyrrole nitrogens is 1. The van der Waals surface area contributed by atoms with E-state index in [-0.39, 0.29) is 30.2 Å². The van der Waals surface area contributed by atoms with Crippen molar-refractivity contribution in [3.8, 4) is 5.95 Å². The zero-order chi connectivity index (χ0) is 19.6. The number of amides is 1. The van der Waals surface area contributed by atoms with Crippen molar-refractivity contribution in [1.82, 2.24) is 24.7 Å². The van der Waals surface area contributed by atoms with Crippen LogP contribution in [0.2, 0.25) is 0 Å². The maximum atomic E-state index is 12.8. The Balaban J connectivity index is 2.01. The Hall–Kier alpha value is -2.85. The van der Waals surface area contributed by atoms with Gasteiger partial charge in [0, 0.05) is 35.5 Å². The Morgan fingerprint density at radius 2 is 2.04 bits per heavy atom. The fraction of sp³-hybridized carbons (Fsp3) is 0.353. The van der Waals surface area contributed by atoms with Crippen LogP contribution >= 0.6 is 11.3 Å². The molecule has 10 heteroatoms. The highest BCUT2D eigenvalue weighted by molar-refractivity contribution is 7.15. The molecular formula is C17H20N6O3S. The number of hydrogen-bond donors (Lipinski definition) is 3. The molecule has 1 amide bonds. The highest BCUT2D eigenvalue weighted by atomic mass is 32.1. The quantitative estimate of drug-likeness (QED) is 0.586. The number of nitrogens with one attached hydrogen (secondary N) is 2. The van der Waals surface area contributed by atoms with Gasteiger partial charge in [0.05, 0.1) is 5.56 Å². The Kier molecular flexibility index (Phi) is 5.47. The lowest BCUT2D eigenvalue weighted by atomic mass is 10.2. The SMILES string of the molecule is CCc1cnc(NC(=O)c2[nH]n(-c3nc(C)cc(C)n3)c(=O)c2CCO)s1. The van der Waals surface area contributed by atoms with Gasteiger partial charge in [-0.25, -0.2) is 15.0 Å². The molecule has 3 aromatic rings. The van der Waals surface area contributed by atoms with Gasteiger partial charge in [0.15, 0.2) is 5.13 Å². The van der Waals surface area contributed by atoms with Crippen LogP contribution in [-0.4, -0.2) is 42.4 Å². The Bertz CT molecular complexity index is 1020. The molecule has 0 atom stereocenters. The molecule has 0 spiro atoms. The first-order chi connectivity index (χ1) is 12.9. The fourth-order valence-corrected chi connectivity index (χ4v) is 3.39. The topological polar surface area (TPSA) is 126 Å². The van der Waals surface area contributed by atoms with Crippen molar-refractivity contribution in [2.45, 2.75) is 33.6 Å². The van der Waals surface area contributed by atoms with Gasteiger partial charge in [0.25, 0.3) is 17.4 Å². The van der Waals surface area contributed by atoms with Gasteiger partial charge in [-0.3, -0.25) is 20.0 Å². The van der Waals surface area contributed by atoms with Crippen molar-refractivity contribution in [3.63, 3.8) is 0 Å². The van der Waals surface area contributed by atoms with Crippen LogP contribution in [0.5, 0.6) is 0 Å². The number of carbonyl (C=O) groups excluding carboxylic acids is 1. The van der Waals surface area contributed by atoms with Crippen molar-refractivity contribution >= 4 is 22.4 Å². The number of anilines is 1. The zero-order valence-electron chi connectivity index (χ0n) is 15.2. The van der Waals surface area contributed by atoms with E-state index in [4.69, 9.17) is 0 Å². The number of aryl methyl sites for hydroxylation is 3. The zero-order valence-corrected chi connectivity index (χ0v) is 16.1. The minimum Gasteiger partial charge on any atom is -0.396 e. The highest BCUT2D eigenvalue weighted by Gasteiger charge is 2.22. The molecule has 0 saturated heterocycles. The maximum Gasteiger partial charge on any atom is 0.277 e. The predicted molar refractivity (Wildman–Crippen MR) is 102 cm³/mol. The fourth-order valence-electron chi connectivity index (χ4n) is 2.64.